The van der Waals surface area contributed by atoms with Crippen LogP contribution in [-0.2, 0) is 7.05 Å². The van der Waals surface area contributed by atoms with Gasteiger partial charge in [-0.15, -0.1) is 5.10 Å². The van der Waals surface area contributed by atoms with E-state index >= 15 is 0 Å². The molecule has 0 atom stereocenters. The lowest BCUT2D eigenvalue weighted by Crippen LogP contribution is -1.90. The Morgan fingerprint density at radius 2 is 2.20 bits per heavy atom. The van der Waals surface area contributed by atoms with Crippen LogP contribution < -0.4 is 4.74 Å². The van der Waals surface area contributed by atoms with Crippen molar-refractivity contribution in [2.75, 3.05) is 0 Å². The number of ether oxygens (including phenoxy) is 1. The highest BCUT2D eigenvalue weighted by atomic mass is 79.9. The minimum Gasteiger partial charge on any atom is -0.436 e. The summed E-state index contributed by atoms with van der Waals surface area (Å²) >= 11 is 6.78. The SMILES string of the molecule is Cn1[c]cc(Oc2cc(Br)ccc2Br)n1. The molecular formula is C10H7Br2N2O. The lowest BCUT2D eigenvalue weighted by atomic mass is 10.3. The van der Waals surface area contributed by atoms with Crippen molar-refractivity contribution in [1.29, 1.82) is 0 Å². The molecule has 0 aliphatic rings. The minimum absolute atomic E-state index is 0.524. The van der Waals surface area contributed by atoms with E-state index in [0.29, 0.717) is 5.88 Å². The Hall–Kier alpha value is -0.810. The summed E-state index contributed by atoms with van der Waals surface area (Å²) in [4.78, 5) is 0. The number of hydrogen-bond acceptors (Lipinski definition) is 2. The molecule has 15 heavy (non-hydrogen) atoms. The molecule has 0 N–H and O–H groups in total. The standard InChI is InChI=1S/C10H7Br2N2O/c1-14-5-4-10(13-14)15-9-6-7(11)2-3-8(9)12/h2-4,6H,1H3. The highest BCUT2D eigenvalue weighted by molar-refractivity contribution is 9.11. The van der Waals surface area contributed by atoms with E-state index in [0.717, 1.165) is 14.7 Å². The van der Waals surface area contributed by atoms with E-state index in [4.69, 9.17) is 4.74 Å². The van der Waals surface area contributed by atoms with Gasteiger partial charge in [0, 0.05) is 17.6 Å². The molecule has 1 aromatic heterocycles. The smallest absolute Gasteiger partial charge is 0.238 e. The van der Waals surface area contributed by atoms with E-state index in [1.807, 2.05) is 18.2 Å². The fraction of sp³-hybridized carbons (Fsp3) is 0.100. The Morgan fingerprint density at radius 1 is 1.40 bits per heavy atom. The minimum atomic E-state index is 0.524. The van der Waals surface area contributed by atoms with Crippen molar-refractivity contribution in [3.63, 3.8) is 0 Å². The topological polar surface area (TPSA) is 27.1 Å². The fourth-order valence-corrected chi connectivity index (χ4v) is 1.74. The second-order valence-corrected chi connectivity index (χ2v) is 4.68. The molecule has 0 saturated heterocycles. The Labute approximate surface area is 104 Å². The van der Waals surface area contributed by atoms with Crippen molar-refractivity contribution in [2.24, 2.45) is 7.05 Å². The predicted octanol–water partition coefficient (Wildman–Crippen LogP) is 3.54. The monoisotopic (exact) mass is 329 g/mol. The summed E-state index contributed by atoms with van der Waals surface area (Å²) in [6.07, 6.45) is 2.88. The molecular weight excluding hydrogens is 324 g/mol. The first-order valence-corrected chi connectivity index (χ1v) is 5.78. The first-order valence-electron chi connectivity index (χ1n) is 4.20. The number of aryl methyl sites for hydroxylation is 1. The summed E-state index contributed by atoms with van der Waals surface area (Å²) < 4.78 is 8.99. The van der Waals surface area contributed by atoms with Gasteiger partial charge in [0.25, 0.3) is 0 Å². The van der Waals surface area contributed by atoms with E-state index in [1.165, 1.54) is 0 Å². The third-order valence-electron chi connectivity index (χ3n) is 1.73. The molecule has 5 heteroatoms. The predicted molar refractivity (Wildman–Crippen MR) is 64.0 cm³/mol. The summed E-state index contributed by atoms with van der Waals surface area (Å²) in [7, 11) is 1.79. The van der Waals surface area contributed by atoms with Gasteiger partial charge in [0.2, 0.25) is 5.88 Å². The van der Waals surface area contributed by atoms with Crippen molar-refractivity contribution in [2.45, 2.75) is 0 Å². The van der Waals surface area contributed by atoms with Gasteiger partial charge in [-0.1, -0.05) is 15.9 Å². The Kier molecular flexibility index (Phi) is 3.11. The number of benzene rings is 1. The normalized spacial score (nSPS) is 10.3. The van der Waals surface area contributed by atoms with Crippen molar-refractivity contribution in [1.82, 2.24) is 9.78 Å². The molecule has 0 aliphatic carbocycles. The zero-order valence-electron chi connectivity index (χ0n) is 7.87. The van der Waals surface area contributed by atoms with Gasteiger partial charge in [-0.25, -0.2) is 0 Å². The van der Waals surface area contributed by atoms with Crippen LogP contribution in [0, 0.1) is 6.20 Å². The van der Waals surface area contributed by atoms with Crippen LogP contribution in [0.5, 0.6) is 11.6 Å². The molecule has 0 fully saturated rings. The largest absolute Gasteiger partial charge is 0.436 e. The second-order valence-electron chi connectivity index (χ2n) is 2.91. The van der Waals surface area contributed by atoms with Crippen LogP contribution in [-0.4, -0.2) is 9.78 Å². The maximum atomic E-state index is 5.57. The van der Waals surface area contributed by atoms with E-state index in [9.17, 15) is 0 Å². The summed E-state index contributed by atoms with van der Waals surface area (Å²) in [5.74, 6) is 1.24. The molecule has 1 aromatic carbocycles. The average Bonchev–Trinajstić information content (AvgIpc) is 2.58. The first-order chi connectivity index (χ1) is 7.15. The van der Waals surface area contributed by atoms with Crippen molar-refractivity contribution in [3.05, 3.63) is 39.4 Å². The van der Waals surface area contributed by atoms with Crippen LogP contribution in [0.1, 0.15) is 0 Å². The van der Waals surface area contributed by atoms with Gasteiger partial charge in [0.05, 0.1) is 10.7 Å². The number of hydrogen-bond donors (Lipinski definition) is 0. The molecule has 0 bridgehead atoms. The van der Waals surface area contributed by atoms with E-state index in [-0.39, 0.29) is 0 Å². The number of nitrogens with zero attached hydrogens (tertiary/aromatic N) is 2. The van der Waals surface area contributed by atoms with Crippen LogP contribution in [0.4, 0.5) is 0 Å². The van der Waals surface area contributed by atoms with Crippen molar-refractivity contribution < 1.29 is 4.74 Å². The van der Waals surface area contributed by atoms with E-state index in [2.05, 4.69) is 43.2 Å². The maximum absolute atomic E-state index is 5.57. The lowest BCUT2D eigenvalue weighted by molar-refractivity contribution is 0.451. The van der Waals surface area contributed by atoms with E-state index < -0.39 is 0 Å². The fourth-order valence-electron chi connectivity index (χ4n) is 1.07. The van der Waals surface area contributed by atoms with Crippen LogP contribution in [0.15, 0.2) is 33.2 Å². The first kappa shape index (κ1) is 10.7. The van der Waals surface area contributed by atoms with Gasteiger partial charge >= 0.3 is 0 Å². The second kappa shape index (κ2) is 4.37. The Bertz CT molecular complexity index is 482. The molecule has 77 valence electrons. The molecule has 0 unspecified atom stereocenters. The summed E-state index contributed by atoms with van der Waals surface area (Å²) in [5.41, 5.74) is 0. The summed E-state index contributed by atoms with van der Waals surface area (Å²) in [6.45, 7) is 0. The maximum Gasteiger partial charge on any atom is 0.238 e. The molecule has 0 amide bonds. The summed E-state index contributed by atoms with van der Waals surface area (Å²) in [5, 5.41) is 4.08. The molecule has 1 heterocycles. The van der Waals surface area contributed by atoms with Crippen LogP contribution in [0.25, 0.3) is 0 Å². The van der Waals surface area contributed by atoms with Crippen molar-refractivity contribution >= 4 is 31.9 Å². The van der Waals surface area contributed by atoms with Crippen LogP contribution >= 0.6 is 31.9 Å². The number of halogens is 2. The zero-order valence-corrected chi connectivity index (χ0v) is 11.0. The van der Waals surface area contributed by atoms with Gasteiger partial charge in [-0.2, -0.15) is 0 Å². The van der Waals surface area contributed by atoms with Gasteiger partial charge in [0.1, 0.15) is 5.75 Å². The van der Waals surface area contributed by atoms with Gasteiger partial charge in [0.15, 0.2) is 0 Å². The molecule has 0 aliphatic heterocycles. The lowest BCUT2D eigenvalue weighted by Gasteiger charge is -2.04. The van der Waals surface area contributed by atoms with Crippen LogP contribution in [0.2, 0.25) is 0 Å². The average molecular weight is 331 g/mol. The Morgan fingerprint density at radius 3 is 2.87 bits per heavy atom. The zero-order chi connectivity index (χ0) is 10.8. The molecule has 3 nitrogen and oxygen atoms in total. The third-order valence-corrected chi connectivity index (χ3v) is 2.88. The Balaban J connectivity index is 2.27. The van der Waals surface area contributed by atoms with E-state index in [1.54, 1.807) is 17.8 Å². The quantitative estimate of drug-likeness (QED) is 0.842. The van der Waals surface area contributed by atoms with Crippen LogP contribution in [0.3, 0.4) is 0 Å². The molecule has 0 spiro atoms. The van der Waals surface area contributed by atoms with Gasteiger partial charge < -0.3 is 4.74 Å². The molecule has 2 rings (SSSR count). The molecule has 0 saturated carbocycles. The number of rotatable bonds is 2. The third kappa shape index (κ3) is 2.60. The highest BCUT2D eigenvalue weighted by Gasteiger charge is 2.05. The highest BCUT2D eigenvalue weighted by Crippen LogP contribution is 2.31. The number of aromatic nitrogens is 2. The van der Waals surface area contributed by atoms with Gasteiger partial charge in [-0.3, -0.25) is 4.68 Å². The van der Waals surface area contributed by atoms with Crippen molar-refractivity contribution in [3.8, 4) is 11.6 Å². The molecule has 2 aromatic rings. The molecule has 1 radical (unpaired) electrons. The van der Waals surface area contributed by atoms with Gasteiger partial charge in [-0.05, 0) is 34.1 Å². The summed E-state index contributed by atoms with van der Waals surface area (Å²) in [6, 6.07) is 7.40.